The van der Waals surface area contributed by atoms with Crippen LogP contribution in [0.5, 0.6) is 0 Å². The first kappa shape index (κ1) is 11.6. The smallest absolute Gasteiger partial charge is 0.244 e. The van der Waals surface area contributed by atoms with E-state index in [2.05, 4.69) is 15.5 Å². The summed E-state index contributed by atoms with van der Waals surface area (Å²) >= 11 is 0. The molecule has 1 aliphatic heterocycles. The second-order valence-corrected chi connectivity index (χ2v) is 5.35. The summed E-state index contributed by atoms with van der Waals surface area (Å²) in [4.78, 5) is 14.0. The Bertz CT molecular complexity index is 454. The third-order valence-corrected chi connectivity index (χ3v) is 3.99. The molecule has 1 saturated heterocycles. The Morgan fingerprint density at radius 3 is 2.83 bits per heavy atom. The summed E-state index contributed by atoms with van der Waals surface area (Å²) in [5.74, 6) is 1.95. The Kier molecular flexibility index (Phi) is 2.77. The van der Waals surface area contributed by atoms with Crippen LogP contribution < -0.4 is 5.73 Å². The fourth-order valence-corrected chi connectivity index (χ4v) is 2.70. The van der Waals surface area contributed by atoms with E-state index < -0.39 is 0 Å². The van der Waals surface area contributed by atoms with Gasteiger partial charge in [-0.1, -0.05) is 0 Å². The summed E-state index contributed by atoms with van der Waals surface area (Å²) in [7, 11) is 0. The van der Waals surface area contributed by atoms with Crippen LogP contribution in [0.1, 0.15) is 18.7 Å². The first-order chi connectivity index (χ1) is 8.65. The molecule has 0 unspecified atom stereocenters. The summed E-state index contributed by atoms with van der Waals surface area (Å²) in [6.45, 7) is 3.46. The molecule has 7 nitrogen and oxygen atoms in total. The summed E-state index contributed by atoms with van der Waals surface area (Å²) in [6.07, 6.45) is 2.54. The minimum atomic E-state index is 0.0593. The van der Waals surface area contributed by atoms with Gasteiger partial charge in [0.05, 0.1) is 0 Å². The van der Waals surface area contributed by atoms with Crippen molar-refractivity contribution < 1.29 is 4.79 Å². The van der Waals surface area contributed by atoms with Gasteiger partial charge in [-0.25, -0.2) is 4.68 Å². The zero-order valence-corrected chi connectivity index (χ0v) is 10.5. The Morgan fingerprint density at radius 2 is 2.22 bits per heavy atom. The number of likely N-dealkylation sites (tertiary alicyclic amines) is 1. The van der Waals surface area contributed by atoms with Crippen LogP contribution in [0.25, 0.3) is 0 Å². The predicted molar refractivity (Wildman–Crippen MR) is 63.3 cm³/mol. The highest BCUT2D eigenvalue weighted by Gasteiger charge is 2.42. The molecule has 0 spiro atoms. The molecule has 98 valence electrons. The average molecular weight is 250 g/mol. The molecule has 1 aromatic heterocycles. The average Bonchev–Trinajstić information content (AvgIpc) is 3.00. The van der Waals surface area contributed by atoms with Crippen LogP contribution in [-0.4, -0.2) is 50.1 Å². The van der Waals surface area contributed by atoms with Crippen LogP contribution in [0.15, 0.2) is 0 Å². The fraction of sp³-hybridized carbons (Fsp3) is 0.818. The largest absolute Gasteiger partial charge is 0.339 e. The van der Waals surface area contributed by atoms with Gasteiger partial charge in [0.1, 0.15) is 12.4 Å². The molecule has 18 heavy (non-hydrogen) atoms. The minimum absolute atomic E-state index is 0.0593. The van der Waals surface area contributed by atoms with E-state index in [0.29, 0.717) is 18.3 Å². The van der Waals surface area contributed by atoms with Crippen molar-refractivity contribution in [2.75, 3.05) is 13.1 Å². The van der Waals surface area contributed by atoms with Crippen molar-refractivity contribution in [3.8, 4) is 0 Å². The quantitative estimate of drug-likeness (QED) is 0.756. The van der Waals surface area contributed by atoms with Gasteiger partial charge in [0.2, 0.25) is 5.91 Å². The van der Waals surface area contributed by atoms with Gasteiger partial charge in [-0.3, -0.25) is 4.79 Å². The number of amides is 1. The number of nitrogens with two attached hydrogens (primary N) is 1. The highest BCUT2D eigenvalue weighted by Crippen LogP contribution is 2.40. The number of carbonyl (C=O) groups is 1. The molecular weight excluding hydrogens is 232 g/mol. The molecular formula is C11H18N6O. The standard InChI is InChI=1S/C11H18N6O/c1-7-13-14-15-17(7)6-11(18)16-4-9(8-2-3-8)10(12)5-16/h8-10H,2-6,12H2,1H3/t9-,10+/m1/s1. The molecule has 2 N–H and O–H groups in total. The molecule has 1 amide bonds. The van der Waals surface area contributed by atoms with E-state index in [1.54, 1.807) is 6.92 Å². The Balaban J connectivity index is 1.62. The SMILES string of the molecule is Cc1nnnn1CC(=O)N1C[C@H](C2CC2)[C@@H](N)C1. The second-order valence-electron chi connectivity index (χ2n) is 5.35. The number of carbonyl (C=O) groups excluding carboxylic acids is 1. The fourth-order valence-electron chi connectivity index (χ4n) is 2.70. The van der Waals surface area contributed by atoms with E-state index in [1.807, 2.05) is 4.90 Å². The molecule has 3 rings (SSSR count). The maximum absolute atomic E-state index is 12.2. The van der Waals surface area contributed by atoms with Crippen molar-refractivity contribution in [3.63, 3.8) is 0 Å². The molecule has 2 atom stereocenters. The normalized spacial score (nSPS) is 27.8. The van der Waals surface area contributed by atoms with Crippen LogP contribution in [0, 0.1) is 18.8 Å². The lowest BCUT2D eigenvalue weighted by molar-refractivity contribution is -0.131. The molecule has 0 aromatic carbocycles. The molecule has 1 saturated carbocycles. The van der Waals surface area contributed by atoms with Gasteiger partial charge in [-0.15, -0.1) is 5.10 Å². The third-order valence-electron chi connectivity index (χ3n) is 3.99. The molecule has 1 aliphatic carbocycles. The summed E-state index contributed by atoms with van der Waals surface area (Å²) < 4.78 is 1.53. The van der Waals surface area contributed by atoms with Gasteiger partial charge in [0, 0.05) is 19.1 Å². The number of aromatic nitrogens is 4. The van der Waals surface area contributed by atoms with Crippen LogP contribution in [0.4, 0.5) is 0 Å². The van der Waals surface area contributed by atoms with E-state index in [0.717, 1.165) is 12.5 Å². The molecule has 2 heterocycles. The molecule has 0 bridgehead atoms. The lowest BCUT2D eigenvalue weighted by Crippen LogP contribution is -2.34. The Morgan fingerprint density at radius 1 is 1.44 bits per heavy atom. The van der Waals surface area contributed by atoms with Crippen molar-refractivity contribution in [2.24, 2.45) is 17.6 Å². The summed E-state index contributed by atoms with van der Waals surface area (Å²) in [5, 5.41) is 11.1. The summed E-state index contributed by atoms with van der Waals surface area (Å²) in [6, 6.07) is 0.136. The van der Waals surface area contributed by atoms with Crippen molar-refractivity contribution in [1.82, 2.24) is 25.1 Å². The highest BCUT2D eigenvalue weighted by molar-refractivity contribution is 5.76. The van der Waals surface area contributed by atoms with E-state index in [1.165, 1.54) is 17.5 Å². The van der Waals surface area contributed by atoms with E-state index >= 15 is 0 Å². The van der Waals surface area contributed by atoms with E-state index in [9.17, 15) is 4.79 Å². The van der Waals surface area contributed by atoms with Crippen LogP contribution >= 0.6 is 0 Å². The van der Waals surface area contributed by atoms with Gasteiger partial charge >= 0.3 is 0 Å². The van der Waals surface area contributed by atoms with Gasteiger partial charge in [0.25, 0.3) is 0 Å². The van der Waals surface area contributed by atoms with Gasteiger partial charge in [0.15, 0.2) is 0 Å². The zero-order valence-electron chi connectivity index (χ0n) is 10.5. The topological polar surface area (TPSA) is 89.9 Å². The van der Waals surface area contributed by atoms with Crippen LogP contribution in [0.2, 0.25) is 0 Å². The van der Waals surface area contributed by atoms with Gasteiger partial charge < -0.3 is 10.6 Å². The number of tetrazole rings is 1. The lowest BCUT2D eigenvalue weighted by atomic mass is 9.99. The van der Waals surface area contributed by atoms with Gasteiger partial charge in [-0.2, -0.15) is 0 Å². The van der Waals surface area contributed by atoms with Crippen molar-refractivity contribution in [2.45, 2.75) is 32.4 Å². The van der Waals surface area contributed by atoms with E-state index in [-0.39, 0.29) is 18.5 Å². The maximum atomic E-state index is 12.2. The molecule has 2 fully saturated rings. The van der Waals surface area contributed by atoms with Crippen molar-refractivity contribution in [3.05, 3.63) is 5.82 Å². The number of rotatable bonds is 3. The number of hydrogen-bond donors (Lipinski definition) is 1. The Labute approximate surface area is 105 Å². The molecule has 2 aliphatic rings. The van der Waals surface area contributed by atoms with Crippen LogP contribution in [0.3, 0.4) is 0 Å². The minimum Gasteiger partial charge on any atom is -0.339 e. The van der Waals surface area contributed by atoms with Crippen molar-refractivity contribution >= 4 is 5.91 Å². The summed E-state index contributed by atoms with van der Waals surface area (Å²) in [5.41, 5.74) is 6.11. The van der Waals surface area contributed by atoms with Crippen LogP contribution in [-0.2, 0) is 11.3 Å². The van der Waals surface area contributed by atoms with Gasteiger partial charge in [-0.05, 0) is 42.0 Å². The predicted octanol–water partition coefficient (Wildman–Crippen LogP) is -0.823. The highest BCUT2D eigenvalue weighted by atomic mass is 16.2. The first-order valence-corrected chi connectivity index (χ1v) is 6.41. The Hall–Kier alpha value is -1.50. The lowest BCUT2D eigenvalue weighted by Gasteiger charge is -2.16. The molecule has 0 radical (unpaired) electrons. The third kappa shape index (κ3) is 2.10. The van der Waals surface area contributed by atoms with E-state index in [4.69, 9.17) is 5.73 Å². The second kappa shape index (κ2) is 4.31. The zero-order chi connectivity index (χ0) is 12.7. The molecule has 7 heteroatoms. The van der Waals surface area contributed by atoms with Crippen molar-refractivity contribution in [1.29, 1.82) is 0 Å². The monoisotopic (exact) mass is 250 g/mol. The first-order valence-electron chi connectivity index (χ1n) is 6.41. The number of hydrogen-bond acceptors (Lipinski definition) is 5. The number of nitrogens with zero attached hydrogens (tertiary/aromatic N) is 5. The molecule has 1 aromatic rings. The maximum Gasteiger partial charge on any atom is 0.244 e. The number of aryl methyl sites for hydroxylation is 1.